The van der Waals surface area contributed by atoms with Gasteiger partial charge in [-0.25, -0.2) is 0 Å². The highest BCUT2D eigenvalue weighted by Crippen LogP contribution is 2.34. The summed E-state index contributed by atoms with van der Waals surface area (Å²) in [5, 5.41) is 8.42. The van der Waals surface area contributed by atoms with Crippen LogP contribution in [0.15, 0.2) is 23.2 Å². The molecule has 0 spiro atoms. The van der Waals surface area contributed by atoms with Crippen molar-refractivity contribution in [2.45, 2.75) is 19.0 Å². The SMILES string of the molecule is C=Nc1cc(OCCCC(=O)O)cc(C(F)(F)F)c1. The van der Waals surface area contributed by atoms with Crippen molar-refractivity contribution in [1.29, 1.82) is 0 Å². The van der Waals surface area contributed by atoms with E-state index in [9.17, 15) is 18.0 Å². The van der Waals surface area contributed by atoms with Crippen LogP contribution in [-0.4, -0.2) is 24.4 Å². The van der Waals surface area contributed by atoms with E-state index in [0.717, 1.165) is 12.1 Å². The Morgan fingerprint density at radius 1 is 1.37 bits per heavy atom. The first kappa shape index (κ1) is 15.0. The third kappa shape index (κ3) is 4.99. The zero-order chi connectivity index (χ0) is 14.5. The zero-order valence-electron chi connectivity index (χ0n) is 9.91. The highest BCUT2D eigenvalue weighted by Gasteiger charge is 2.31. The summed E-state index contributed by atoms with van der Waals surface area (Å²) in [5.41, 5.74) is -0.839. The van der Waals surface area contributed by atoms with E-state index in [-0.39, 0.29) is 30.9 Å². The number of hydrogen-bond acceptors (Lipinski definition) is 3. The number of ether oxygens (including phenoxy) is 1. The van der Waals surface area contributed by atoms with Crippen molar-refractivity contribution in [2.75, 3.05) is 6.61 Å². The van der Waals surface area contributed by atoms with E-state index < -0.39 is 17.7 Å². The molecule has 104 valence electrons. The van der Waals surface area contributed by atoms with Crippen molar-refractivity contribution >= 4 is 18.4 Å². The smallest absolute Gasteiger partial charge is 0.416 e. The number of benzene rings is 1. The number of aliphatic imine (C=N–C) groups is 1. The minimum absolute atomic E-state index is 0.0115. The van der Waals surface area contributed by atoms with E-state index in [1.807, 2.05) is 0 Å². The molecule has 0 heterocycles. The highest BCUT2D eigenvalue weighted by molar-refractivity contribution is 5.66. The van der Waals surface area contributed by atoms with Crippen LogP contribution in [0.1, 0.15) is 18.4 Å². The van der Waals surface area contributed by atoms with Gasteiger partial charge >= 0.3 is 12.1 Å². The molecule has 0 aliphatic carbocycles. The summed E-state index contributed by atoms with van der Waals surface area (Å²) >= 11 is 0. The molecule has 0 unspecified atom stereocenters. The van der Waals surface area contributed by atoms with E-state index in [1.54, 1.807) is 0 Å². The number of rotatable bonds is 6. The van der Waals surface area contributed by atoms with Crippen LogP contribution in [0.5, 0.6) is 5.75 Å². The Morgan fingerprint density at radius 2 is 2.05 bits per heavy atom. The normalized spacial score (nSPS) is 11.1. The third-order valence-electron chi connectivity index (χ3n) is 2.20. The second-order valence-corrected chi connectivity index (χ2v) is 3.72. The topological polar surface area (TPSA) is 58.9 Å². The first-order chi connectivity index (χ1) is 8.82. The number of aliphatic carboxylic acids is 1. The molecule has 19 heavy (non-hydrogen) atoms. The average molecular weight is 275 g/mol. The van der Waals surface area contributed by atoms with Gasteiger partial charge in [0.25, 0.3) is 0 Å². The standard InChI is InChI=1S/C12H12F3NO3/c1-16-9-5-8(12(13,14)15)6-10(7-9)19-4-2-3-11(17)18/h5-7H,1-4H2,(H,17,18). The van der Waals surface area contributed by atoms with Crippen LogP contribution >= 0.6 is 0 Å². The molecule has 1 aromatic carbocycles. The fourth-order valence-electron chi connectivity index (χ4n) is 1.34. The predicted octanol–water partition coefficient (Wildman–Crippen LogP) is 3.28. The fourth-order valence-corrected chi connectivity index (χ4v) is 1.34. The molecule has 0 amide bonds. The maximum absolute atomic E-state index is 12.6. The Balaban J connectivity index is 2.77. The fraction of sp³-hybridized carbons (Fsp3) is 0.333. The van der Waals surface area contributed by atoms with Crippen LogP contribution in [0.3, 0.4) is 0 Å². The van der Waals surface area contributed by atoms with Gasteiger partial charge in [-0.2, -0.15) is 13.2 Å². The molecule has 4 nitrogen and oxygen atoms in total. The monoisotopic (exact) mass is 275 g/mol. The molecular weight excluding hydrogens is 263 g/mol. The molecular formula is C12H12F3NO3. The molecule has 0 radical (unpaired) electrons. The van der Waals surface area contributed by atoms with E-state index in [2.05, 4.69) is 11.7 Å². The molecule has 0 atom stereocenters. The van der Waals surface area contributed by atoms with Crippen LogP contribution in [0, 0.1) is 0 Å². The second kappa shape index (κ2) is 6.21. The number of halogens is 3. The minimum Gasteiger partial charge on any atom is -0.493 e. The Morgan fingerprint density at radius 3 is 2.58 bits per heavy atom. The van der Waals surface area contributed by atoms with Crippen LogP contribution < -0.4 is 4.74 Å². The predicted molar refractivity (Wildman–Crippen MR) is 63.0 cm³/mol. The van der Waals surface area contributed by atoms with Crippen LogP contribution in [0.4, 0.5) is 18.9 Å². The van der Waals surface area contributed by atoms with Gasteiger partial charge in [0, 0.05) is 12.5 Å². The second-order valence-electron chi connectivity index (χ2n) is 3.72. The minimum atomic E-state index is -4.50. The van der Waals surface area contributed by atoms with Crippen molar-refractivity contribution in [1.82, 2.24) is 0 Å². The molecule has 1 aromatic rings. The van der Waals surface area contributed by atoms with Gasteiger partial charge in [-0.3, -0.25) is 9.79 Å². The molecule has 1 rings (SSSR count). The lowest BCUT2D eigenvalue weighted by Crippen LogP contribution is -2.06. The summed E-state index contributed by atoms with van der Waals surface area (Å²) < 4.78 is 42.8. The zero-order valence-corrected chi connectivity index (χ0v) is 9.91. The lowest BCUT2D eigenvalue weighted by Gasteiger charge is -2.11. The summed E-state index contributed by atoms with van der Waals surface area (Å²) in [4.78, 5) is 13.7. The maximum atomic E-state index is 12.6. The van der Waals surface area contributed by atoms with Gasteiger partial charge in [-0.15, -0.1) is 0 Å². The number of hydrogen-bond donors (Lipinski definition) is 1. The molecule has 0 saturated heterocycles. The van der Waals surface area contributed by atoms with Crippen molar-refractivity contribution in [3.8, 4) is 5.75 Å². The number of carboxylic acid groups (broad SMARTS) is 1. The Hall–Kier alpha value is -2.05. The number of nitrogens with zero attached hydrogens (tertiary/aromatic N) is 1. The van der Waals surface area contributed by atoms with Crippen molar-refractivity contribution in [2.24, 2.45) is 4.99 Å². The van der Waals surface area contributed by atoms with Gasteiger partial charge in [-0.1, -0.05) is 0 Å². The molecule has 1 N–H and O–H groups in total. The summed E-state index contributed by atoms with van der Waals surface area (Å²) in [6, 6.07) is 3.01. The third-order valence-corrected chi connectivity index (χ3v) is 2.20. The van der Waals surface area contributed by atoms with E-state index in [0.29, 0.717) is 0 Å². The largest absolute Gasteiger partial charge is 0.493 e. The highest BCUT2D eigenvalue weighted by atomic mass is 19.4. The first-order valence-corrected chi connectivity index (χ1v) is 5.36. The lowest BCUT2D eigenvalue weighted by molar-refractivity contribution is -0.138. The maximum Gasteiger partial charge on any atom is 0.416 e. The average Bonchev–Trinajstić information content (AvgIpc) is 2.33. The lowest BCUT2D eigenvalue weighted by atomic mass is 10.2. The Labute approximate surface area is 107 Å². The Bertz CT molecular complexity index is 472. The number of carbonyl (C=O) groups is 1. The van der Waals surface area contributed by atoms with Gasteiger partial charge in [0.05, 0.1) is 17.9 Å². The first-order valence-electron chi connectivity index (χ1n) is 5.36. The van der Waals surface area contributed by atoms with Crippen LogP contribution in [-0.2, 0) is 11.0 Å². The van der Waals surface area contributed by atoms with Gasteiger partial charge in [0.2, 0.25) is 0 Å². The summed E-state index contributed by atoms with van der Waals surface area (Å²) in [5.74, 6) is -0.997. The van der Waals surface area contributed by atoms with Crippen molar-refractivity contribution in [3.05, 3.63) is 23.8 Å². The van der Waals surface area contributed by atoms with Crippen molar-refractivity contribution in [3.63, 3.8) is 0 Å². The molecule has 0 bridgehead atoms. The number of carboxylic acids is 1. The van der Waals surface area contributed by atoms with E-state index >= 15 is 0 Å². The summed E-state index contributed by atoms with van der Waals surface area (Å²) in [6.07, 6.45) is -4.40. The summed E-state index contributed by atoms with van der Waals surface area (Å²) in [6.45, 7) is 3.18. The van der Waals surface area contributed by atoms with Gasteiger partial charge in [-0.05, 0) is 25.3 Å². The molecule has 0 aliphatic rings. The summed E-state index contributed by atoms with van der Waals surface area (Å²) in [7, 11) is 0. The van der Waals surface area contributed by atoms with E-state index in [4.69, 9.17) is 9.84 Å². The van der Waals surface area contributed by atoms with Gasteiger partial charge in [0.1, 0.15) is 5.75 Å². The molecule has 0 aromatic heterocycles. The van der Waals surface area contributed by atoms with Crippen molar-refractivity contribution < 1.29 is 27.8 Å². The molecule has 0 saturated carbocycles. The van der Waals surface area contributed by atoms with Crippen LogP contribution in [0.2, 0.25) is 0 Å². The molecule has 0 aliphatic heterocycles. The van der Waals surface area contributed by atoms with Gasteiger partial charge in [0.15, 0.2) is 0 Å². The van der Waals surface area contributed by atoms with E-state index in [1.165, 1.54) is 6.07 Å². The molecule has 7 heteroatoms. The number of alkyl halides is 3. The quantitative estimate of drug-likeness (QED) is 0.640. The van der Waals surface area contributed by atoms with Crippen LogP contribution in [0.25, 0.3) is 0 Å². The molecule has 0 fully saturated rings. The Kier molecular flexibility index (Phi) is 4.91. The van der Waals surface area contributed by atoms with Gasteiger partial charge < -0.3 is 9.84 Å².